The molecule has 0 N–H and O–H groups in total. The standard InChI is InChI=1S/C38H46O7/c1-5-38(24-42-25-38)23-41-20-21-43-32-15-17-33(18-16-32)44-36(39)30-11-7-28(8-12-30)29-9-13-31(14-10-29)37(40)45-35-22-27(4)6-19-34(35)26(2)3/h7-18,26-27,34-35H,5-6,19-25H2,1-4H3. The summed E-state index contributed by atoms with van der Waals surface area (Å²) in [6.45, 7) is 12.0. The zero-order chi connectivity index (χ0) is 31.8. The Kier molecular flexibility index (Phi) is 11.0. The molecule has 45 heavy (non-hydrogen) atoms. The molecule has 1 aliphatic carbocycles. The number of carbonyl (C=O) groups is 2. The summed E-state index contributed by atoms with van der Waals surface area (Å²) in [5, 5.41) is 0. The summed E-state index contributed by atoms with van der Waals surface area (Å²) >= 11 is 0. The smallest absolute Gasteiger partial charge is 0.343 e. The first-order chi connectivity index (χ1) is 21.7. The van der Waals surface area contributed by atoms with E-state index < -0.39 is 5.97 Å². The number of esters is 2. The topological polar surface area (TPSA) is 80.3 Å². The second-order valence-electron chi connectivity index (χ2n) is 13.0. The molecule has 0 aromatic heterocycles. The summed E-state index contributed by atoms with van der Waals surface area (Å²) in [6.07, 6.45) is 4.24. The molecule has 3 atom stereocenters. The van der Waals surface area contributed by atoms with Crippen LogP contribution in [0, 0.1) is 23.2 Å². The summed E-state index contributed by atoms with van der Waals surface area (Å²) in [6, 6.07) is 21.6. The highest BCUT2D eigenvalue weighted by Gasteiger charge is 2.37. The number of hydrogen-bond acceptors (Lipinski definition) is 7. The fraction of sp³-hybridized carbons (Fsp3) is 0.474. The van der Waals surface area contributed by atoms with E-state index in [2.05, 4.69) is 27.7 Å². The maximum absolute atomic E-state index is 13.0. The predicted molar refractivity (Wildman–Crippen MR) is 174 cm³/mol. The van der Waals surface area contributed by atoms with Crippen molar-refractivity contribution in [3.63, 3.8) is 0 Å². The third-order valence-corrected chi connectivity index (χ3v) is 9.30. The van der Waals surface area contributed by atoms with Crippen molar-refractivity contribution in [2.24, 2.45) is 23.2 Å². The minimum absolute atomic E-state index is 0.0316. The van der Waals surface area contributed by atoms with Gasteiger partial charge in [0.2, 0.25) is 0 Å². The number of carbonyl (C=O) groups excluding carboxylic acids is 2. The van der Waals surface area contributed by atoms with Crippen LogP contribution < -0.4 is 9.47 Å². The van der Waals surface area contributed by atoms with Crippen molar-refractivity contribution in [3.8, 4) is 22.6 Å². The summed E-state index contributed by atoms with van der Waals surface area (Å²) in [5.74, 6) is 1.88. The Morgan fingerprint density at radius 3 is 1.98 bits per heavy atom. The Morgan fingerprint density at radius 2 is 1.42 bits per heavy atom. The van der Waals surface area contributed by atoms with Crippen molar-refractivity contribution in [2.75, 3.05) is 33.0 Å². The van der Waals surface area contributed by atoms with E-state index in [1.807, 2.05) is 36.4 Å². The van der Waals surface area contributed by atoms with E-state index in [1.165, 1.54) is 6.42 Å². The summed E-state index contributed by atoms with van der Waals surface area (Å²) in [4.78, 5) is 25.7. The molecular formula is C38H46O7. The van der Waals surface area contributed by atoms with Crippen molar-refractivity contribution in [1.29, 1.82) is 0 Å². The predicted octanol–water partition coefficient (Wildman–Crippen LogP) is 8.01. The van der Waals surface area contributed by atoms with Gasteiger partial charge in [-0.25, -0.2) is 9.59 Å². The molecule has 0 bridgehead atoms. The zero-order valence-corrected chi connectivity index (χ0v) is 27.0. The van der Waals surface area contributed by atoms with Crippen LogP contribution in [-0.2, 0) is 14.2 Å². The molecule has 240 valence electrons. The van der Waals surface area contributed by atoms with Gasteiger partial charge in [0.15, 0.2) is 0 Å². The Morgan fingerprint density at radius 1 is 0.822 bits per heavy atom. The first-order valence-electron chi connectivity index (χ1n) is 16.3. The molecule has 3 aromatic carbocycles. The lowest BCUT2D eigenvalue weighted by Gasteiger charge is -2.40. The van der Waals surface area contributed by atoms with Crippen LogP contribution >= 0.6 is 0 Å². The lowest BCUT2D eigenvalue weighted by atomic mass is 9.75. The van der Waals surface area contributed by atoms with Gasteiger partial charge in [0.25, 0.3) is 0 Å². The third kappa shape index (κ3) is 8.53. The van der Waals surface area contributed by atoms with Gasteiger partial charge in [-0.3, -0.25) is 0 Å². The van der Waals surface area contributed by atoms with Crippen molar-refractivity contribution >= 4 is 11.9 Å². The molecule has 7 heteroatoms. The maximum Gasteiger partial charge on any atom is 0.343 e. The fourth-order valence-electron chi connectivity index (χ4n) is 6.11. The van der Waals surface area contributed by atoms with Gasteiger partial charge < -0.3 is 23.7 Å². The minimum Gasteiger partial charge on any atom is -0.491 e. The lowest BCUT2D eigenvalue weighted by molar-refractivity contribution is -0.151. The molecule has 3 unspecified atom stereocenters. The second kappa shape index (κ2) is 15.1. The van der Waals surface area contributed by atoms with E-state index in [-0.39, 0.29) is 17.5 Å². The van der Waals surface area contributed by atoms with Crippen molar-refractivity contribution < 1.29 is 33.3 Å². The third-order valence-electron chi connectivity index (χ3n) is 9.30. The van der Waals surface area contributed by atoms with E-state index in [9.17, 15) is 9.59 Å². The van der Waals surface area contributed by atoms with Gasteiger partial charge in [0.05, 0.1) is 37.6 Å². The Hall–Kier alpha value is -3.68. The molecule has 7 nitrogen and oxygen atoms in total. The minimum atomic E-state index is -0.441. The van der Waals surface area contributed by atoms with Gasteiger partial charge in [-0.15, -0.1) is 0 Å². The second-order valence-corrected chi connectivity index (χ2v) is 13.0. The molecule has 5 rings (SSSR count). The largest absolute Gasteiger partial charge is 0.491 e. The van der Waals surface area contributed by atoms with Crippen molar-refractivity contribution in [2.45, 2.75) is 59.5 Å². The molecule has 1 heterocycles. The SMILES string of the molecule is CCC1(COCCOc2ccc(OC(=O)c3ccc(-c4ccc(C(=O)OC5CC(C)CCC5C(C)C)cc4)cc3)cc2)COC1. The first-order valence-corrected chi connectivity index (χ1v) is 16.3. The molecule has 2 aliphatic rings. The van der Waals surface area contributed by atoms with Crippen LogP contribution in [0.5, 0.6) is 11.5 Å². The quantitative estimate of drug-likeness (QED) is 0.110. The zero-order valence-electron chi connectivity index (χ0n) is 27.0. The molecule has 1 saturated carbocycles. The van der Waals surface area contributed by atoms with Gasteiger partial charge in [-0.1, -0.05) is 58.4 Å². The van der Waals surface area contributed by atoms with Crippen LogP contribution in [0.1, 0.15) is 74.1 Å². The Labute approximate surface area is 267 Å². The Bertz CT molecular complexity index is 1390. The number of rotatable bonds is 13. The number of hydrogen-bond donors (Lipinski definition) is 0. The van der Waals surface area contributed by atoms with Crippen LogP contribution in [-0.4, -0.2) is 51.1 Å². The lowest BCUT2D eigenvalue weighted by Crippen LogP contribution is -2.45. The monoisotopic (exact) mass is 614 g/mol. The van der Waals surface area contributed by atoms with E-state index >= 15 is 0 Å². The van der Waals surface area contributed by atoms with Gasteiger partial charge in [-0.05, 0) is 96.7 Å². The number of benzene rings is 3. The highest BCUT2D eigenvalue weighted by atomic mass is 16.5. The van der Waals surface area contributed by atoms with Crippen LogP contribution in [0.15, 0.2) is 72.8 Å². The molecule has 0 spiro atoms. The van der Waals surface area contributed by atoms with Gasteiger partial charge in [-0.2, -0.15) is 0 Å². The highest BCUT2D eigenvalue weighted by molar-refractivity contribution is 5.92. The molecule has 0 radical (unpaired) electrons. The number of ether oxygens (including phenoxy) is 5. The first kappa shape index (κ1) is 32.7. The summed E-state index contributed by atoms with van der Waals surface area (Å²) < 4.78 is 28.4. The average molecular weight is 615 g/mol. The highest BCUT2D eigenvalue weighted by Crippen LogP contribution is 2.36. The van der Waals surface area contributed by atoms with E-state index in [0.29, 0.717) is 60.2 Å². The van der Waals surface area contributed by atoms with Gasteiger partial charge in [0.1, 0.15) is 24.2 Å². The van der Waals surface area contributed by atoms with E-state index in [4.69, 9.17) is 23.7 Å². The molecule has 2 fully saturated rings. The summed E-state index contributed by atoms with van der Waals surface area (Å²) in [5.41, 5.74) is 3.04. The van der Waals surface area contributed by atoms with Crippen LogP contribution in [0.25, 0.3) is 11.1 Å². The van der Waals surface area contributed by atoms with E-state index in [0.717, 1.165) is 43.6 Å². The fourth-order valence-corrected chi connectivity index (χ4v) is 6.11. The van der Waals surface area contributed by atoms with Crippen LogP contribution in [0.3, 0.4) is 0 Å². The molecular weight excluding hydrogens is 568 g/mol. The molecule has 0 amide bonds. The maximum atomic E-state index is 13.0. The molecule has 1 aliphatic heterocycles. The van der Waals surface area contributed by atoms with Crippen LogP contribution in [0.4, 0.5) is 0 Å². The normalized spacial score (nSPS) is 20.7. The van der Waals surface area contributed by atoms with Crippen molar-refractivity contribution in [3.05, 3.63) is 83.9 Å². The van der Waals surface area contributed by atoms with Gasteiger partial charge in [0, 0.05) is 5.41 Å². The Balaban J connectivity index is 1.08. The molecule has 3 aromatic rings. The van der Waals surface area contributed by atoms with Crippen molar-refractivity contribution in [1.82, 2.24) is 0 Å². The summed E-state index contributed by atoms with van der Waals surface area (Å²) in [7, 11) is 0. The van der Waals surface area contributed by atoms with Gasteiger partial charge >= 0.3 is 11.9 Å². The van der Waals surface area contributed by atoms with Crippen LogP contribution in [0.2, 0.25) is 0 Å². The van der Waals surface area contributed by atoms with E-state index in [1.54, 1.807) is 36.4 Å². The molecule has 1 saturated heterocycles. The average Bonchev–Trinajstić information content (AvgIpc) is 3.03.